The lowest BCUT2D eigenvalue weighted by Gasteiger charge is -2.20. The van der Waals surface area contributed by atoms with Gasteiger partial charge in [-0.25, -0.2) is 9.18 Å². The van der Waals surface area contributed by atoms with Gasteiger partial charge in [0.05, 0.1) is 0 Å². The highest BCUT2D eigenvalue weighted by atomic mass is 19.1. The summed E-state index contributed by atoms with van der Waals surface area (Å²) < 4.78 is 13.7. The minimum absolute atomic E-state index is 0.276. The molecule has 0 spiro atoms. The van der Waals surface area contributed by atoms with E-state index in [1.54, 1.807) is 20.8 Å². The molecule has 15 heavy (non-hydrogen) atoms. The molecular formula is C11H13FO3. The molecule has 0 aliphatic heterocycles. The number of hydrogen-bond acceptors (Lipinski definition) is 2. The second kappa shape index (κ2) is 3.53. The molecule has 2 N–H and O–H groups in total. The Morgan fingerprint density at radius 2 is 1.87 bits per heavy atom. The van der Waals surface area contributed by atoms with Crippen molar-refractivity contribution in [3.05, 3.63) is 29.1 Å². The van der Waals surface area contributed by atoms with Gasteiger partial charge in [0.1, 0.15) is 17.1 Å². The zero-order valence-corrected chi connectivity index (χ0v) is 8.84. The Hall–Kier alpha value is -1.58. The van der Waals surface area contributed by atoms with Gasteiger partial charge in [-0.05, 0) is 17.0 Å². The maximum atomic E-state index is 13.7. The average Bonchev–Trinajstić information content (AvgIpc) is 2.00. The van der Waals surface area contributed by atoms with Crippen LogP contribution in [0.1, 0.15) is 36.7 Å². The van der Waals surface area contributed by atoms with E-state index >= 15 is 0 Å². The molecule has 82 valence electrons. The van der Waals surface area contributed by atoms with Gasteiger partial charge < -0.3 is 10.2 Å². The summed E-state index contributed by atoms with van der Waals surface area (Å²) in [4.78, 5) is 10.7. The molecule has 0 saturated carbocycles. The van der Waals surface area contributed by atoms with Gasteiger partial charge in [-0.3, -0.25) is 0 Å². The molecule has 0 aliphatic carbocycles. The van der Waals surface area contributed by atoms with Crippen LogP contribution in [0.25, 0.3) is 0 Å². The largest absolute Gasteiger partial charge is 0.507 e. The van der Waals surface area contributed by atoms with Gasteiger partial charge in [0.2, 0.25) is 0 Å². The molecular weight excluding hydrogens is 199 g/mol. The summed E-state index contributed by atoms with van der Waals surface area (Å²) in [5.74, 6) is -2.88. The molecule has 0 unspecified atom stereocenters. The van der Waals surface area contributed by atoms with Gasteiger partial charge >= 0.3 is 5.97 Å². The van der Waals surface area contributed by atoms with E-state index in [-0.39, 0.29) is 5.56 Å². The van der Waals surface area contributed by atoms with Crippen molar-refractivity contribution in [3.8, 4) is 5.75 Å². The summed E-state index contributed by atoms with van der Waals surface area (Å²) >= 11 is 0. The van der Waals surface area contributed by atoms with Gasteiger partial charge in [0.25, 0.3) is 0 Å². The predicted octanol–water partition coefficient (Wildman–Crippen LogP) is 2.53. The Labute approximate surface area is 87.2 Å². The molecule has 1 rings (SSSR count). The first-order chi connectivity index (χ1) is 6.75. The normalized spacial score (nSPS) is 11.5. The molecule has 0 radical (unpaired) electrons. The SMILES string of the molecule is CC(C)(C)c1ccc(O)c(C(=O)O)c1F. The monoisotopic (exact) mass is 212 g/mol. The van der Waals surface area contributed by atoms with E-state index in [4.69, 9.17) is 5.11 Å². The summed E-state index contributed by atoms with van der Waals surface area (Å²) in [6, 6.07) is 2.60. The molecule has 0 heterocycles. The smallest absolute Gasteiger partial charge is 0.342 e. The first kappa shape index (κ1) is 11.5. The van der Waals surface area contributed by atoms with Crippen LogP contribution in [0, 0.1) is 5.82 Å². The van der Waals surface area contributed by atoms with Gasteiger partial charge in [-0.2, -0.15) is 0 Å². The van der Waals surface area contributed by atoms with Gasteiger partial charge in [-0.1, -0.05) is 26.8 Å². The van der Waals surface area contributed by atoms with Gasteiger partial charge in [-0.15, -0.1) is 0 Å². The van der Waals surface area contributed by atoms with Crippen LogP contribution in [0.3, 0.4) is 0 Å². The molecule has 0 fully saturated rings. The van der Waals surface area contributed by atoms with Gasteiger partial charge in [0, 0.05) is 0 Å². The second-order valence-corrected chi connectivity index (χ2v) is 4.38. The maximum Gasteiger partial charge on any atom is 0.342 e. The van der Waals surface area contributed by atoms with Gasteiger partial charge in [0.15, 0.2) is 0 Å². The summed E-state index contributed by atoms with van der Waals surface area (Å²) in [6.07, 6.45) is 0. The minimum Gasteiger partial charge on any atom is -0.507 e. The van der Waals surface area contributed by atoms with Crippen LogP contribution in [0.5, 0.6) is 5.75 Å². The van der Waals surface area contributed by atoms with Crippen LogP contribution in [0.15, 0.2) is 12.1 Å². The van der Waals surface area contributed by atoms with E-state index in [2.05, 4.69) is 0 Å². The number of halogens is 1. The number of carboxylic acid groups (broad SMARTS) is 1. The van der Waals surface area contributed by atoms with Crippen LogP contribution >= 0.6 is 0 Å². The zero-order chi connectivity index (χ0) is 11.8. The summed E-state index contributed by atoms with van der Waals surface area (Å²) in [7, 11) is 0. The lowest BCUT2D eigenvalue weighted by molar-refractivity contribution is 0.0688. The number of carbonyl (C=O) groups is 1. The predicted molar refractivity (Wildman–Crippen MR) is 53.7 cm³/mol. The van der Waals surface area contributed by atoms with Crippen LogP contribution in [0.4, 0.5) is 4.39 Å². The second-order valence-electron chi connectivity index (χ2n) is 4.38. The topological polar surface area (TPSA) is 57.5 Å². The van der Waals surface area contributed by atoms with Crippen molar-refractivity contribution in [1.82, 2.24) is 0 Å². The third-order valence-electron chi connectivity index (χ3n) is 2.14. The standard InChI is InChI=1S/C11H13FO3/c1-11(2,3)6-4-5-7(13)8(9(6)12)10(14)15/h4-5,13H,1-3H3,(H,14,15). The van der Waals surface area contributed by atoms with Crippen molar-refractivity contribution in [2.45, 2.75) is 26.2 Å². The number of carboxylic acids is 1. The molecule has 0 amide bonds. The Balaban J connectivity index is 3.49. The maximum absolute atomic E-state index is 13.7. The van der Waals surface area contributed by atoms with Crippen molar-refractivity contribution in [2.75, 3.05) is 0 Å². The zero-order valence-electron chi connectivity index (χ0n) is 8.84. The van der Waals surface area contributed by atoms with Crippen molar-refractivity contribution in [2.24, 2.45) is 0 Å². The van der Waals surface area contributed by atoms with E-state index in [1.807, 2.05) is 0 Å². The molecule has 1 aromatic rings. The third kappa shape index (κ3) is 2.09. The highest BCUT2D eigenvalue weighted by Crippen LogP contribution is 2.31. The third-order valence-corrected chi connectivity index (χ3v) is 2.14. The van der Waals surface area contributed by atoms with Crippen LogP contribution < -0.4 is 0 Å². The Kier molecular flexibility index (Phi) is 2.71. The molecule has 0 aromatic heterocycles. The summed E-state index contributed by atoms with van der Waals surface area (Å²) in [5.41, 5.74) is -0.887. The van der Waals surface area contributed by atoms with E-state index in [0.717, 1.165) is 0 Å². The highest BCUT2D eigenvalue weighted by molar-refractivity contribution is 5.91. The fraction of sp³-hybridized carbons (Fsp3) is 0.364. The molecule has 0 bridgehead atoms. The van der Waals surface area contributed by atoms with Crippen molar-refractivity contribution < 1.29 is 19.4 Å². The number of benzene rings is 1. The number of phenols is 1. The molecule has 0 aliphatic rings. The lowest BCUT2D eigenvalue weighted by atomic mass is 9.85. The van der Waals surface area contributed by atoms with Crippen molar-refractivity contribution >= 4 is 5.97 Å². The quantitative estimate of drug-likeness (QED) is 0.752. The van der Waals surface area contributed by atoms with Crippen LogP contribution in [-0.4, -0.2) is 16.2 Å². The number of aromatic carboxylic acids is 1. The van der Waals surface area contributed by atoms with E-state index in [9.17, 15) is 14.3 Å². The Morgan fingerprint density at radius 3 is 2.27 bits per heavy atom. The number of rotatable bonds is 1. The van der Waals surface area contributed by atoms with Crippen molar-refractivity contribution in [1.29, 1.82) is 0 Å². The minimum atomic E-state index is -1.46. The first-order valence-corrected chi connectivity index (χ1v) is 4.50. The Morgan fingerprint density at radius 1 is 1.33 bits per heavy atom. The molecule has 1 aromatic carbocycles. The fourth-order valence-corrected chi connectivity index (χ4v) is 1.35. The first-order valence-electron chi connectivity index (χ1n) is 4.50. The number of hydrogen-bond donors (Lipinski definition) is 2. The molecule has 3 nitrogen and oxygen atoms in total. The number of aromatic hydroxyl groups is 1. The highest BCUT2D eigenvalue weighted by Gasteiger charge is 2.25. The fourth-order valence-electron chi connectivity index (χ4n) is 1.35. The molecule has 0 saturated heterocycles. The van der Waals surface area contributed by atoms with E-state index in [1.165, 1.54) is 12.1 Å². The Bertz CT molecular complexity index is 405. The van der Waals surface area contributed by atoms with E-state index in [0.29, 0.717) is 0 Å². The summed E-state index contributed by atoms with van der Waals surface area (Å²) in [6.45, 7) is 5.32. The van der Waals surface area contributed by atoms with Crippen LogP contribution in [0.2, 0.25) is 0 Å². The average molecular weight is 212 g/mol. The van der Waals surface area contributed by atoms with Crippen LogP contribution in [-0.2, 0) is 5.41 Å². The summed E-state index contributed by atoms with van der Waals surface area (Å²) in [5, 5.41) is 18.0. The molecule has 0 atom stereocenters. The van der Waals surface area contributed by atoms with E-state index < -0.39 is 28.5 Å². The molecule has 4 heteroatoms. The van der Waals surface area contributed by atoms with Crippen molar-refractivity contribution in [3.63, 3.8) is 0 Å². The lowest BCUT2D eigenvalue weighted by Crippen LogP contribution is -2.16.